The molecule has 0 aliphatic rings. The summed E-state index contributed by atoms with van der Waals surface area (Å²) in [5.74, 6) is -3.98. The smallest absolute Gasteiger partial charge is 0.475 e. The molecule has 4 rings (SSSR count). The van der Waals surface area contributed by atoms with Crippen LogP contribution in [0, 0.1) is 0 Å². The summed E-state index contributed by atoms with van der Waals surface area (Å²) in [6, 6.07) is 20.8. The van der Waals surface area contributed by atoms with Gasteiger partial charge in [0.25, 0.3) is 0 Å². The van der Waals surface area contributed by atoms with Crippen LogP contribution >= 0.6 is 0 Å². The van der Waals surface area contributed by atoms with Crippen LogP contribution in [0.1, 0.15) is 11.1 Å². The number of aliphatic carboxylic acids is 2. The Kier molecular flexibility index (Phi) is 11.9. The first-order valence-corrected chi connectivity index (χ1v) is 13.9. The Bertz CT molecular complexity index is 1630. The largest absolute Gasteiger partial charge is 0.490 e. The van der Waals surface area contributed by atoms with E-state index in [0.29, 0.717) is 4.90 Å². The number of rotatable bonds is 7. The van der Waals surface area contributed by atoms with Crippen LogP contribution < -0.4 is 4.74 Å². The molecule has 1 aromatic heterocycles. The highest BCUT2D eigenvalue weighted by Gasteiger charge is 2.38. The molecular formula is C27H25F6N3O7S. The molecule has 10 nitrogen and oxygen atoms in total. The number of carbonyl (C=O) groups is 2. The molecule has 0 radical (unpaired) electrons. The van der Waals surface area contributed by atoms with E-state index >= 15 is 0 Å². The van der Waals surface area contributed by atoms with Crippen molar-refractivity contribution in [3.63, 3.8) is 0 Å². The number of halogens is 6. The summed E-state index contributed by atoms with van der Waals surface area (Å²) in [7, 11) is -1.13. The first kappa shape index (κ1) is 35.6. The zero-order valence-corrected chi connectivity index (χ0v) is 23.7. The maximum absolute atomic E-state index is 11.6. The Hall–Kier alpha value is -4.64. The minimum absolute atomic E-state index is 0.344. The SMILES string of the molecule is CN(Cc1ccc(Oc2ccc3nc[nH]c3c2)cc1)Cc1ccc(S(C)(=O)=O)cc1.O=C(O)C(F)(F)F.O=C(O)C(F)(F)F. The van der Waals surface area contributed by atoms with E-state index in [1.165, 1.54) is 11.8 Å². The zero-order chi connectivity index (χ0) is 33.3. The van der Waals surface area contributed by atoms with E-state index in [0.717, 1.165) is 41.2 Å². The Morgan fingerprint density at radius 2 is 1.25 bits per heavy atom. The van der Waals surface area contributed by atoms with Gasteiger partial charge in [0.15, 0.2) is 9.84 Å². The fourth-order valence-electron chi connectivity index (χ4n) is 3.30. The van der Waals surface area contributed by atoms with Crippen LogP contribution in [-0.2, 0) is 32.5 Å². The molecule has 0 aliphatic carbocycles. The molecule has 0 saturated heterocycles. The molecule has 3 aromatic carbocycles. The fraction of sp³-hybridized carbons (Fsp3) is 0.222. The third-order valence-corrected chi connectivity index (χ3v) is 6.42. The van der Waals surface area contributed by atoms with Gasteiger partial charge in [-0.25, -0.2) is 23.0 Å². The van der Waals surface area contributed by atoms with Gasteiger partial charge >= 0.3 is 24.3 Å². The topological polar surface area (TPSA) is 150 Å². The highest BCUT2D eigenvalue weighted by molar-refractivity contribution is 7.90. The molecule has 0 unspecified atom stereocenters. The Morgan fingerprint density at radius 3 is 1.68 bits per heavy atom. The number of hydrogen-bond acceptors (Lipinski definition) is 7. The second-order valence-electron chi connectivity index (χ2n) is 9.02. The number of fused-ring (bicyclic) bond motifs is 1. The summed E-state index contributed by atoms with van der Waals surface area (Å²) in [6.07, 6.45) is -7.28. The van der Waals surface area contributed by atoms with Crippen LogP contribution in [0.2, 0.25) is 0 Å². The van der Waals surface area contributed by atoms with Gasteiger partial charge in [-0.1, -0.05) is 24.3 Å². The number of nitrogens with zero attached hydrogens (tertiary/aromatic N) is 2. The van der Waals surface area contributed by atoms with Gasteiger partial charge in [0, 0.05) is 25.4 Å². The van der Waals surface area contributed by atoms with Gasteiger partial charge in [-0.2, -0.15) is 26.3 Å². The number of nitrogens with one attached hydrogen (secondary N) is 1. The lowest BCUT2D eigenvalue weighted by atomic mass is 10.1. The highest BCUT2D eigenvalue weighted by atomic mass is 32.2. The van der Waals surface area contributed by atoms with E-state index in [-0.39, 0.29) is 0 Å². The quantitative estimate of drug-likeness (QED) is 0.216. The van der Waals surface area contributed by atoms with Crippen LogP contribution in [0.15, 0.2) is 78.0 Å². The lowest BCUT2D eigenvalue weighted by Crippen LogP contribution is -2.21. The van der Waals surface area contributed by atoms with Crippen molar-refractivity contribution >= 4 is 32.8 Å². The summed E-state index contributed by atoms with van der Waals surface area (Å²) in [6.45, 7) is 1.50. The number of imidazole rings is 1. The second-order valence-corrected chi connectivity index (χ2v) is 11.0. The summed E-state index contributed by atoms with van der Waals surface area (Å²) in [4.78, 5) is 27.6. The standard InChI is InChI=1S/C23H23N3O3S.2C2HF3O2/c1-26(15-18-5-10-21(11-6-18)30(2,27)28)14-17-3-7-19(8-4-17)29-20-9-12-22-23(13-20)25-16-24-22;2*3-2(4,5)1(6)7/h3-13,16H,14-15H2,1-2H3,(H,24,25);2*(H,6,7). The average Bonchev–Trinajstić information content (AvgIpc) is 3.37. The monoisotopic (exact) mass is 649 g/mol. The van der Waals surface area contributed by atoms with Crippen LogP contribution in [0.25, 0.3) is 11.0 Å². The number of sulfone groups is 1. The molecule has 0 amide bonds. The Balaban J connectivity index is 0.000000402. The van der Waals surface area contributed by atoms with E-state index in [4.69, 9.17) is 24.5 Å². The van der Waals surface area contributed by atoms with Gasteiger partial charge < -0.3 is 19.9 Å². The van der Waals surface area contributed by atoms with Crippen LogP contribution in [0.3, 0.4) is 0 Å². The van der Waals surface area contributed by atoms with Gasteiger partial charge in [0.05, 0.1) is 22.3 Å². The number of ether oxygens (including phenoxy) is 1. The van der Waals surface area contributed by atoms with E-state index in [9.17, 15) is 34.8 Å². The molecule has 17 heteroatoms. The molecule has 1 heterocycles. The normalized spacial score (nSPS) is 11.7. The Morgan fingerprint density at radius 1 is 0.818 bits per heavy atom. The number of hydrogen-bond donors (Lipinski definition) is 3. The summed E-state index contributed by atoms with van der Waals surface area (Å²) < 4.78 is 92.6. The lowest BCUT2D eigenvalue weighted by molar-refractivity contribution is -0.193. The predicted molar refractivity (Wildman–Crippen MR) is 145 cm³/mol. The second kappa shape index (κ2) is 14.7. The van der Waals surface area contributed by atoms with Crippen molar-refractivity contribution in [1.82, 2.24) is 14.9 Å². The maximum atomic E-state index is 11.6. The zero-order valence-electron chi connectivity index (χ0n) is 22.8. The molecule has 0 spiro atoms. The molecular weight excluding hydrogens is 624 g/mol. The number of carboxylic acid groups (broad SMARTS) is 2. The first-order chi connectivity index (χ1) is 20.3. The van der Waals surface area contributed by atoms with Gasteiger partial charge in [-0.05, 0) is 54.6 Å². The molecule has 238 valence electrons. The van der Waals surface area contributed by atoms with E-state index < -0.39 is 34.1 Å². The van der Waals surface area contributed by atoms with E-state index in [1.807, 2.05) is 61.6 Å². The number of benzene rings is 3. The number of alkyl halides is 6. The summed E-state index contributed by atoms with van der Waals surface area (Å²) >= 11 is 0. The number of aromatic amines is 1. The molecule has 0 aliphatic heterocycles. The summed E-state index contributed by atoms with van der Waals surface area (Å²) in [5, 5.41) is 14.2. The fourth-order valence-corrected chi connectivity index (χ4v) is 3.93. The van der Waals surface area contributed by atoms with Gasteiger partial charge in [0.2, 0.25) is 0 Å². The van der Waals surface area contributed by atoms with Crippen LogP contribution in [0.4, 0.5) is 26.3 Å². The van der Waals surface area contributed by atoms with Crippen molar-refractivity contribution in [2.45, 2.75) is 30.3 Å². The lowest BCUT2D eigenvalue weighted by Gasteiger charge is -2.17. The number of aromatic nitrogens is 2. The average molecular weight is 650 g/mol. The molecule has 0 fully saturated rings. The van der Waals surface area contributed by atoms with Gasteiger partial charge in [0.1, 0.15) is 11.5 Å². The van der Waals surface area contributed by atoms with E-state index in [1.54, 1.807) is 18.5 Å². The molecule has 44 heavy (non-hydrogen) atoms. The van der Waals surface area contributed by atoms with Gasteiger partial charge in [-0.15, -0.1) is 0 Å². The van der Waals surface area contributed by atoms with Crippen molar-refractivity contribution in [2.24, 2.45) is 0 Å². The molecule has 0 saturated carbocycles. The first-order valence-electron chi connectivity index (χ1n) is 12.0. The minimum Gasteiger partial charge on any atom is -0.475 e. The summed E-state index contributed by atoms with van der Waals surface area (Å²) in [5.41, 5.74) is 4.09. The molecule has 0 atom stereocenters. The van der Waals surface area contributed by atoms with Crippen LogP contribution in [-0.4, -0.2) is 71.1 Å². The van der Waals surface area contributed by atoms with Crippen molar-refractivity contribution in [2.75, 3.05) is 13.3 Å². The van der Waals surface area contributed by atoms with Crippen LogP contribution in [0.5, 0.6) is 11.5 Å². The molecule has 0 bridgehead atoms. The molecule has 3 N–H and O–H groups in total. The third-order valence-electron chi connectivity index (χ3n) is 5.29. The third kappa shape index (κ3) is 11.9. The van der Waals surface area contributed by atoms with Gasteiger partial charge in [-0.3, -0.25) is 4.90 Å². The molecule has 4 aromatic rings. The van der Waals surface area contributed by atoms with Crippen molar-refractivity contribution in [3.05, 3.63) is 84.2 Å². The number of H-pyrrole nitrogens is 1. The van der Waals surface area contributed by atoms with Crippen molar-refractivity contribution in [3.8, 4) is 11.5 Å². The van der Waals surface area contributed by atoms with Crippen molar-refractivity contribution < 1.29 is 59.3 Å². The predicted octanol–water partition coefficient (Wildman–Crippen LogP) is 5.66. The minimum atomic E-state index is -5.08. The maximum Gasteiger partial charge on any atom is 0.490 e. The number of carboxylic acids is 2. The van der Waals surface area contributed by atoms with Crippen molar-refractivity contribution in [1.29, 1.82) is 0 Å². The Labute approximate surface area is 246 Å². The highest BCUT2D eigenvalue weighted by Crippen LogP contribution is 2.25. The van der Waals surface area contributed by atoms with E-state index in [2.05, 4.69) is 14.9 Å².